The van der Waals surface area contributed by atoms with Gasteiger partial charge in [-0.05, 0) is 12.0 Å². The number of non-ortho nitro benzene ring substituents is 1. The summed E-state index contributed by atoms with van der Waals surface area (Å²) in [6.45, 7) is 6.71. The fourth-order valence-electron chi connectivity index (χ4n) is 2.00. The van der Waals surface area contributed by atoms with E-state index in [1.54, 1.807) is 12.1 Å². The number of rotatable bonds is 10. The predicted molar refractivity (Wildman–Crippen MR) is 86.3 cm³/mol. The van der Waals surface area contributed by atoms with Crippen LogP contribution in [0.15, 0.2) is 36.9 Å². The molecular formula is C15H22N2O2S. The second-order valence-electron chi connectivity index (χ2n) is 4.51. The van der Waals surface area contributed by atoms with Crippen LogP contribution < -0.4 is 5.32 Å². The molecular weight excluding hydrogens is 272 g/mol. The normalized spacial score (nSPS) is 12.1. The predicted octanol–water partition coefficient (Wildman–Crippen LogP) is 3.94. The van der Waals surface area contributed by atoms with Crippen LogP contribution in [0.4, 0.5) is 5.69 Å². The van der Waals surface area contributed by atoms with Crippen molar-refractivity contribution in [3.8, 4) is 0 Å². The highest BCUT2D eigenvalue weighted by molar-refractivity contribution is 7.99. The number of nitrogens with one attached hydrogen (secondary N) is 1. The van der Waals surface area contributed by atoms with E-state index in [0.717, 1.165) is 36.5 Å². The third-order valence-corrected chi connectivity index (χ3v) is 3.90. The Labute approximate surface area is 124 Å². The van der Waals surface area contributed by atoms with Gasteiger partial charge in [0.15, 0.2) is 0 Å². The van der Waals surface area contributed by atoms with Crippen molar-refractivity contribution in [3.05, 3.63) is 52.6 Å². The zero-order valence-corrected chi connectivity index (χ0v) is 12.7. The Kier molecular flexibility index (Phi) is 7.99. The number of hydrogen-bond donors (Lipinski definition) is 1. The van der Waals surface area contributed by atoms with E-state index in [2.05, 4.69) is 18.8 Å². The third-order valence-electron chi connectivity index (χ3n) is 2.93. The molecule has 20 heavy (non-hydrogen) atoms. The summed E-state index contributed by atoms with van der Waals surface area (Å²) in [5.41, 5.74) is 1.15. The minimum Gasteiger partial charge on any atom is -0.309 e. The molecule has 1 N–H and O–H groups in total. The maximum atomic E-state index is 10.8. The molecule has 0 radical (unpaired) electrons. The van der Waals surface area contributed by atoms with E-state index < -0.39 is 0 Å². The minimum absolute atomic E-state index is 0.159. The van der Waals surface area contributed by atoms with Gasteiger partial charge in [-0.2, -0.15) is 11.8 Å². The monoisotopic (exact) mass is 294 g/mol. The van der Waals surface area contributed by atoms with Gasteiger partial charge in [0.2, 0.25) is 0 Å². The molecule has 110 valence electrons. The second-order valence-corrected chi connectivity index (χ2v) is 5.66. The van der Waals surface area contributed by atoms with E-state index in [9.17, 15) is 10.1 Å². The van der Waals surface area contributed by atoms with Gasteiger partial charge < -0.3 is 5.32 Å². The second kappa shape index (κ2) is 9.55. The van der Waals surface area contributed by atoms with Crippen LogP contribution in [0.5, 0.6) is 0 Å². The summed E-state index contributed by atoms with van der Waals surface area (Å²) >= 11 is 1.83. The van der Waals surface area contributed by atoms with Gasteiger partial charge in [0.1, 0.15) is 0 Å². The molecule has 0 heterocycles. The molecule has 1 atom stereocenters. The highest BCUT2D eigenvalue weighted by Crippen LogP contribution is 2.22. The van der Waals surface area contributed by atoms with Crippen molar-refractivity contribution >= 4 is 17.4 Å². The molecule has 5 heteroatoms. The van der Waals surface area contributed by atoms with Crippen LogP contribution in [0.2, 0.25) is 0 Å². The van der Waals surface area contributed by atoms with Crippen LogP contribution in [0, 0.1) is 10.1 Å². The topological polar surface area (TPSA) is 55.2 Å². The molecule has 0 saturated carbocycles. The fraction of sp³-hybridized carbons (Fsp3) is 0.467. The van der Waals surface area contributed by atoms with Gasteiger partial charge in [-0.25, -0.2) is 0 Å². The van der Waals surface area contributed by atoms with Crippen molar-refractivity contribution in [2.45, 2.75) is 25.8 Å². The quantitative estimate of drug-likeness (QED) is 0.307. The van der Waals surface area contributed by atoms with Gasteiger partial charge in [0.05, 0.1) is 4.92 Å². The van der Waals surface area contributed by atoms with Gasteiger partial charge in [0.25, 0.3) is 5.69 Å². The molecule has 0 spiro atoms. The van der Waals surface area contributed by atoms with Crippen LogP contribution in [0.25, 0.3) is 0 Å². The standard InChI is InChI=1S/C15H22N2O2S/c1-3-6-15(16-9-11-20-10-4-2)13-7-5-8-14(12-13)17(18)19/h4-5,7-8,12,15-16H,2-3,6,9-11H2,1H3. The van der Waals surface area contributed by atoms with E-state index in [1.165, 1.54) is 6.07 Å². The molecule has 0 bridgehead atoms. The highest BCUT2D eigenvalue weighted by atomic mass is 32.2. The van der Waals surface area contributed by atoms with Crippen LogP contribution in [0.3, 0.4) is 0 Å². The van der Waals surface area contributed by atoms with Crippen LogP contribution in [-0.2, 0) is 0 Å². The molecule has 4 nitrogen and oxygen atoms in total. The maximum Gasteiger partial charge on any atom is 0.269 e. The van der Waals surface area contributed by atoms with Gasteiger partial charge in [-0.1, -0.05) is 31.6 Å². The largest absolute Gasteiger partial charge is 0.309 e. The van der Waals surface area contributed by atoms with Crippen molar-refractivity contribution in [3.63, 3.8) is 0 Å². The first-order valence-corrected chi connectivity index (χ1v) is 8.00. The van der Waals surface area contributed by atoms with E-state index in [4.69, 9.17) is 0 Å². The van der Waals surface area contributed by atoms with E-state index in [0.29, 0.717) is 0 Å². The van der Waals surface area contributed by atoms with E-state index in [1.807, 2.05) is 23.9 Å². The van der Waals surface area contributed by atoms with Gasteiger partial charge in [0, 0.05) is 36.2 Å². The molecule has 1 unspecified atom stereocenters. The van der Waals surface area contributed by atoms with Crippen molar-refractivity contribution in [2.75, 3.05) is 18.1 Å². The number of nitro groups is 1. The molecule has 0 amide bonds. The zero-order chi connectivity index (χ0) is 14.8. The molecule has 1 aromatic rings. The molecule has 1 aromatic carbocycles. The minimum atomic E-state index is -0.341. The zero-order valence-electron chi connectivity index (χ0n) is 11.9. The summed E-state index contributed by atoms with van der Waals surface area (Å²) in [4.78, 5) is 10.5. The Hall–Kier alpha value is -1.33. The van der Waals surface area contributed by atoms with Crippen LogP contribution in [0.1, 0.15) is 31.4 Å². The number of benzene rings is 1. The lowest BCUT2D eigenvalue weighted by Gasteiger charge is -2.18. The van der Waals surface area contributed by atoms with Crippen LogP contribution in [-0.4, -0.2) is 23.0 Å². The first-order valence-electron chi connectivity index (χ1n) is 6.85. The number of nitro benzene ring substituents is 1. The lowest BCUT2D eigenvalue weighted by molar-refractivity contribution is -0.384. The summed E-state index contributed by atoms with van der Waals surface area (Å²) in [6.07, 6.45) is 3.92. The Morgan fingerprint density at radius 3 is 3.00 bits per heavy atom. The summed E-state index contributed by atoms with van der Waals surface area (Å²) in [7, 11) is 0. The van der Waals surface area contributed by atoms with Crippen molar-refractivity contribution in [1.29, 1.82) is 0 Å². The Morgan fingerprint density at radius 2 is 2.35 bits per heavy atom. The summed E-state index contributed by atoms with van der Waals surface area (Å²) in [5.74, 6) is 1.97. The van der Waals surface area contributed by atoms with Gasteiger partial charge in [-0.15, -0.1) is 6.58 Å². The van der Waals surface area contributed by atoms with E-state index >= 15 is 0 Å². The van der Waals surface area contributed by atoms with Crippen molar-refractivity contribution in [1.82, 2.24) is 5.32 Å². The molecule has 1 rings (SSSR count). The SMILES string of the molecule is C=CCSCCNC(CCC)c1cccc([N+](=O)[O-])c1. The number of hydrogen-bond acceptors (Lipinski definition) is 4. The Bertz CT molecular complexity index is 438. The van der Waals surface area contributed by atoms with Crippen molar-refractivity contribution < 1.29 is 4.92 Å². The third kappa shape index (κ3) is 5.75. The molecule has 0 fully saturated rings. The highest BCUT2D eigenvalue weighted by Gasteiger charge is 2.13. The molecule has 0 aliphatic heterocycles. The average molecular weight is 294 g/mol. The molecule has 0 aromatic heterocycles. The molecule has 0 saturated heterocycles. The fourth-order valence-corrected chi connectivity index (χ4v) is 2.60. The average Bonchev–Trinajstić information content (AvgIpc) is 2.46. The van der Waals surface area contributed by atoms with Crippen molar-refractivity contribution in [2.24, 2.45) is 0 Å². The van der Waals surface area contributed by atoms with Crippen LogP contribution >= 0.6 is 11.8 Å². The smallest absolute Gasteiger partial charge is 0.269 e. The lowest BCUT2D eigenvalue weighted by atomic mass is 10.0. The first kappa shape index (κ1) is 16.7. The Balaban J connectivity index is 2.62. The maximum absolute atomic E-state index is 10.8. The van der Waals surface area contributed by atoms with E-state index in [-0.39, 0.29) is 16.7 Å². The molecule has 0 aliphatic carbocycles. The summed E-state index contributed by atoms with van der Waals surface area (Å²) in [6, 6.07) is 7.10. The molecule has 0 aliphatic rings. The number of thioether (sulfide) groups is 1. The summed E-state index contributed by atoms with van der Waals surface area (Å²) < 4.78 is 0. The van der Waals surface area contributed by atoms with Gasteiger partial charge in [-0.3, -0.25) is 10.1 Å². The first-order chi connectivity index (χ1) is 9.69. The lowest BCUT2D eigenvalue weighted by Crippen LogP contribution is -2.23. The Morgan fingerprint density at radius 1 is 1.55 bits per heavy atom. The summed E-state index contributed by atoms with van der Waals surface area (Å²) in [5, 5.41) is 14.3. The number of nitrogens with zero attached hydrogens (tertiary/aromatic N) is 1. The van der Waals surface area contributed by atoms with Gasteiger partial charge >= 0.3 is 0 Å².